The minimum absolute atomic E-state index is 0.168. The van der Waals surface area contributed by atoms with E-state index in [1.165, 1.54) is 28.1 Å². The van der Waals surface area contributed by atoms with Crippen LogP contribution in [0.5, 0.6) is 0 Å². The highest BCUT2D eigenvalue weighted by Crippen LogP contribution is 2.28. The van der Waals surface area contributed by atoms with Gasteiger partial charge >= 0.3 is 0 Å². The maximum Gasteiger partial charge on any atom is 0.0441 e. The summed E-state index contributed by atoms with van der Waals surface area (Å²) in [5.41, 5.74) is 12.3. The first-order valence-corrected chi connectivity index (χ1v) is 7.13. The molecule has 1 unspecified atom stereocenters. The Labute approximate surface area is 122 Å². The molecule has 0 spiro atoms. The van der Waals surface area contributed by atoms with Gasteiger partial charge in [-0.3, -0.25) is 0 Å². The van der Waals surface area contributed by atoms with Gasteiger partial charge in [-0.15, -0.1) is 0 Å². The number of benzene rings is 2. The SMILES string of the molecule is Cc1ccc(N(C)c2ccc(C)cc2CC(C)N)cc1. The van der Waals surface area contributed by atoms with Crippen LogP contribution in [-0.4, -0.2) is 13.1 Å². The Bertz CT molecular complexity index is 570. The highest BCUT2D eigenvalue weighted by Gasteiger charge is 2.11. The average molecular weight is 268 g/mol. The normalized spacial score (nSPS) is 12.2. The quantitative estimate of drug-likeness (QED) is 0.909. The summed E-state index contributed by atoms with van der Waals surface area (Å²) in [5, 5.41) is 0. The van der Waals surface area contributed by atoms with Gasteiger partial charge in [-0.25, -0.2) is 0 Å². The molecule has 1 atom stereocenters. The molecular weight excluding hydrogens is 244 g/mol. The Morgan fingerprint density at radius 1 is 1.00 bits per heavy atom. The molecule has 0 aliphatic carbocycles. The van der Waals surface area contributed by atoms with Crippen LogP contribution in [0.15, 0.2) is 42.5 Å². The Hall–Kier alpha value is -1.80. The molecule has 2 aromatic carbocycles. The molecule has 0 saturated heterocycles. The van der Waals surface area contributed by atoms with Gasteiger partial charge in [0.25, 0.3) is 0 Å². The lowest BCUT2D eigenvalue weighted by Crippen LogP contribution is -2.20. The Balaban J connectivity index is 2.37. The first kappa shape index (κ1) is 14.6. The third-order valence-corrected chi connectivity index (χ3v) is 3.56. The fourth-order valence-corrected chi connectivity index (χ4v) is 2.46. The fraction of sp³-hybridized carbons (Fsp3) is 0.333. The van der Waals surface area contributed by atoms with Crippen molar-refractivity contribution in [2.45, 2.75) is 33.2 Å². The van der Waals surface area contributed by atoms with Gasteiger partial charge < -0.3 is 10.6 Å². The summed E-state index contributed by atoms with van der Waals surface area (Å²) in [6.07, 6.45) is 0.896. The van der Waals surface area contributed by atoms with Crippen LogP contribution < -0.4 is 10.6 Å². The lowest BCUT2D eigenvalue weighted by atomic mass is 10.0. The molecule has 2 N–H and O–H groups in total. The summed E-state index contributed by atoms with van der Waals surface area (Å²) >= 11 is 0. The van der Waals surface area contributed by atoms with Crippen molar-refractivity contribution < 1.29 is 0 Å². The van der Waals surface area contributed by atoms with Crippen molar-refractivity contribution >= 4 is 11.4 Å². The molecule has 0 aliphatic rings. The minimum atomic E-state index is 0.168. The zero-order valence-corrected chi connectivity index (χ0v) is 12.9. The van der Waals surface area contributed by atoms with Crippen molar-refractivity contribution in [3.05, 3.63) is 59.2 Å². The van der Waals surface area contributed by atoms with E-state index >= 15 is 0 Å². The lowest BCUT2D eigenvalue weighted by molar-refractivity contribution is 0.737. The molecule has 0 bridgehead atoms. The Morgan fingerprint density at radius 2 is 1.60 bits per heavy atom. The van der Waals surface area contributed by atoms with Crippen LogP contribution >= 0.6 is 0 Å². The van der Waals surface area contributed by atoms with Gasteiger partial charge in [-0.1, -0.05) is 35.4 Å². The summed E-state index contributed by atoms with van der Waals surface area (Å²) in [7, 11) is 2.11. The van der Waals surface area contributed by atoms with Gasteiger partial charge in [0.1, 0.15) is 0 Å². The van der Waals surface area contributed by atoms with Crippen LogP contribution in [0.1, 0.15) is 23.6 Å². The van der Waals surface area contributed by atoms with E-state index in [0.717, 1.165) is 6.42 Å². The molecule has 0 fully saturated rings. The molecule has 106 valence electrons. The highest BCUT2D eigenvalue weighted by atomic mass is 15.1. The summed E-state index contributed by atoms with van der Waals surface area (Å²) in [6, 6.07) is 15.4. The first-order valence-electron chi connectivity index (χ1n) is 7.13. The molecule has 2 heteroatoms. The number of nitrogens with two attached hydrogens (primary N) is 1. The van der Waals surface area contributed by atoms with Gasteiger partial charge in [0.2, 0.25) is 0 Å². The molecule has 0 aliphatic heterocycles. The largest absolute Gasteiger partial charge is 0.344 e. The minimum Gasteiger partial charge on any atom is -0.344 e. The van der Waals surface area contributed by atoms with E-state index in [9.17, 15) is 0 Å². The first-order chi connectivity index (χ1) is 9.47. The average Bonchev–Trinajstić information content (AvgIpc) is 2.38. The van der Waals surface area contributed by atoms with Crippen LogP contribution in [0.4, 0.5) is 11.4 Å². The van der Waals surface area contributed by atoms with Crippen molar-refractivity contribution in [1.29, 1.82) is 0 Å². The standard InChI is InChI=1S/C18H24N2/c1-13-5-8-17(9-6-13)20(4)18-10-7-14(2)11-16(18)12-15(3)19/h5-11,15H,12,19H2,1-4H3. The predicted molar refractivity (Wildman–Crippen MR) is 87.8 cm³/mol. The maximum atomic E-state index is 5.98. The van der Waals surface area contributed by atoms with Gasteiger partial charge in [0.15, 0.2) is 0 Å². The van der Waals surface area contributed by atoms with E-state index in [1.807, 2.05) is 0 Å². The Morgan fingerprint density at radius 3 is 2.20 bits per heavy atom. The second-order valence-corrected chi connectivity index (χ2v) is 5.71. The summed E-state index contributed by atoms with van der Waals surface area (Å²) in [4.78, 5) is 2.23. The number of anilines is 2. The van der Waals surface area contributed by atoms with Crippen LogP contribution in [-0.2, 0) is 6.42 Å². The maximum absolute atomic E-state index is 5.98. The van der Waals surface area contributed by atoms with Gasteiger partial charge in [-0.2, -0.15) is 0 Å². The molecule has 2 nitrogen and oxygen atoms in total. The van der Waals surface area contributed by atoms with Gasteiger partial charge in [0, 0.05) is 24.5 Å². The van der Waals surface area contributed by atoms with Crippen molar-refractivity contribution in [2.24, 2.45) is 5.73 Å². The molecule has 0 radical (unpaired) electrons. The number of rotatable bonds is 4. The molecular formula is C18H24N2. The number of hydrogen-bond acceptors (Lipinski definition) is 2. The van der Waals surface area contributed by atoms with Crippen LogP contribution in [0.3, 0.4) is 0 Å². The number of aryl methyl sites for hydroxylation is 2. The lowest BCUT2D eigenvalue weighted by Gasteiger charge is -2.24. The highest BCUT2D eigenvalue weighted by molar-refractivity contribution is 5.66. The summed E-state index contributed by atoms with van der Waals surface area (Å²) in [6.45, 7) is 6.29. The van der Waals surface area contributed by atoms with E-state index < -0.39 is 0 Å². The van der Waals surface area contributed by atoms with Crippen molar-refractivity contribution in [2.75, 3.05) is 11.9 Å². The summed E-state index contributed by atoms with van der Waals surface area (Å²) < 4.78 is 0. The topological polar surface area (TPSA) is 29.3 Å². The van der Waals surface area contributed by atoms with E-state index in [1.54, 1.807) is 0 Å². The van der Waals surface area contributed by atoms with Crippen molar-refractivity contribution in [3.63, 3.8) is 0 Å². The van der Waals surface area contributed by atoms with Crippen LogP contribution in [0, 0.1) is 13.8 Å². The van der Waals surface area contributed by atoms with Crippen LogP contribution in [0.2, 0.25) is 0 Å². The van der Waals surface area contributed by atoms with E-state index in [0.29, 0.717) is 0 Å². The second-order valence-electron chi connectivity index (χ2n) is 5.71. The zero-order chi connectivity index (χ0) is 14.7. The predicted octanol–water partition coefficient (Wildman–Crippen LogP) is 3.96. The summed E-state index contributed by atoms with van der Waals surface area (Å²) in [5.74, 6) is 0. The van der Waals surface area contributed by atoms with Gasteiger partial charge in [0.05, 0.1) is 0 Å². The van der Waals surface area contributed by atoms with Crippen molar-refractivity contribution in [3.8, 4) is 0 Å². The molecule has 20 heavy (non-hydrogen) atoms. The van der Waals surface area contributed by atoms with Crippen LogP contribution in [0.25, 0.3) is 0 Å². The molecule has 0 aromatic heterocycles. The monoisotopic (exact) mass is 268 g/mol. The van der Waals surface area contributed by atoms with Crippen molar-refractivity contribution in [1.82, 2.24) is 0 Å². The second kappa shape index (κ2) is 6.10. The van der Waals surface area contributed by atoms with E-state index in [-0.39, 0.29) is 6.04 Å². The molecule has 2 rings (SSSR count). The van der Waals surface area contributed by atoms with E-state index in [2.05, 4.69) is 75.2 Å². The Kier molecular flexibility index (Phi) is 4.46. The number of hydrogen-bond donors (Lipinski definition) is 1. The molecule has 0 saturated carbocycles. The molecule has 2 aromatic rings. The van der Waals surface area contributed by atoms with Gasteiger partial charge in [-0.05, 0) is 51.0 Å². The molecule has 0 heterocycles. The number of nitrogens with zero attached hydrogens (tertiary/aromatic N) is 1. The third kappa shape index (κ3) is 3.40. The fourth-order valence-electron chi connectivity index (χ4n) is 2.46. The molecule has 0 amide bonds. The van der Waals surface area contributed by atoms with E-state index in [4.69, 9.17) is 5.73 Å². The smallest absolute Gasteiger partial charge is 0.0441 e. The third-order valence-electron chi connectivity index (χ3n) is 3.56. The zero-order valence-electron chi connectivity index (χ0n) is 12.9.